The zero-order chi connectivity index (χ0) is 11.4. The molecule has 5 heteroatoms. The molecule has 0 aromatic rings. The number of urea groups is 1. The van der Waals surface area contributed by atoms with Crippen molar-refractivity contribution in [3.05, 3.63) is 11.9 Å². The molecule has 0 aliphatic heterocycles. The first-order valence-corrected chi connectivity index (χ1v) is 4.32. The molecule has 0 aromatic heterocycles. The van der Waals surface area contributed by atoms with E-state index in [0.29, 0.717) is 11.5 Å². The van der Waals surface area contributed by atoms with Crippen molar-refractivity contribution in [1.29, 1.82) is 5.41 Å². The SMILES string of the molecule is CN/C(=C\C(=N)C(C)(C)C)NC(N)=O. The molecule has 0 rings (SSSR count). The summed E-state index contributed by atoms with van der Waals surface area (Å²) in [5.74, 6) is 0.428. The van der Waals surface area contributed by atoms with Crippen LogP contribution in [0.2, 0.25) is 0 Å². The first kappa shape index (κ1) is 12.5. The highest BCUT2D eigenvalue weighted by atomic mass is 16.2. The molecule has 5 nitrogen and oxygen atoms in total. The molecule has 0 radical (unpaired) electrons. The van der Waals surface area contributed by atoms with Gasteiger partial charge in [0.05, 0.1) is 0 Å². The topological polar surface area (TPSA) is 91.0 Å². The van der Waals surface area contributed by atoms with Crippen LogP contribution in [0.5, 0.6) is 0 Å². The van der Waals surface area contributed by atoms with E-state index in [1.165, 1.54) is 0 Å². The van der Waals surface area contributed by atoms with Gasteiger partial charge in [0.25, 0.3) is 0 Å². The maximum absolute atomic E-state index is 10.6. The Hall–Kier alpha value is -1.52. The molecule has 0 saturated heterocycles. The lowest BCUT2D eigenvalue weighted by molar-refractivity contribution is 0.250. The smallest absolute Gasteiger partial charge is 0.317 e. The monoisotopic (exact) mass is 198 g/mol. The van der Waals surface area contributed by atoms with Crippen LogP contribution in [0.1, 0.15) is 20.8 Å². The van der Waals surface area contributed by atoms with Crippen molar-refractivity contribution in [3.8, 4) is 0 Å². The Morgan fingerprint density at radius 3 is 2.21 bits per heavy atom. The molecule has 5 N–H and O–H groups in total. The van der Waals surface area contributed by atoms with E-state index in [1.807, 2.05) is 20.8 Å². The highest BCUT2D eigenvalue weighted by Gasteiger charge is 2.15. The summed E-state index contributed by atoms with van der Waals surface area (Å²) in [4.78, 5) is 10.6. The average Bonchev–Trinajstić information content (AvgIpc) is 2.00. The van der Waals surface area contributed by atoms with Gasteiger partial charge in [-0.05, 0) is 6.08 Å². The Morgan fingerprint density at radius 2 is 1.93 bits per heavy atom. The maximum atomic E-state index is 10.6. The minimum absolute atomic E-state index is 0.249. The zero-order valence-corrected chi connectivity index (χ0v) is 9.06. The van der Waals surface area contributed by atoms with Crippen molar-refractivity contribution in [3.63, 3.8) is 0 Å². The van der Waals surface area contributed by atoms with Crippen LogP contribution in [0.3, 0.4) is 0 Å². The van der Waals surface area contributed by atoms with Gasteiger partial charge in [-0.1, -0.05) is 20.8 Å². The third-order valence-corrected chi connectivity index (χ3v) is 1.62. The quantitative estimate of drug-likeness (QED) is 0.505. The second-order valence-corrected chi connectivity index (χ2v) is 3.96. The summed E-state index contributed by atoms with van der Waals surface area (Å²) in [7, 11) is 1.65. The lowest BCUT2D eigenvalue weighted by atomic mass is 9.90. The minimum atomic E-state index is -0.646. The van der Waals surface area contributed by atoms with E-state index in [-0.39, 0.29) is 5.41 Å². The van der Waals surface area contributed by atoms with Crippen molar-refractivity contribution in [2.45, 2.75) is 20.8 Å². The van der Waals surface area contributed by atoms with Crippen molar-refractivity contribution < 1.29 is 4.79 Å². The van der Waals surface area contributed by atoms with E-state index >= 15 is 0 Å². The Bertz CT molecular complexity index is 262. The normalized spacial score (nSPS) is 12.1. The summed E-state index contributed by atoms with van der Waals surface area (Å²) in [5, 5.41) is 12.8. The van der Waals surface area contributed by atoms with E-state index in [4.69, 9.17) is 11.1 Å². The summed E-state index contributed by atoms with van der Waals surface area (Å²) in [6, 6.07) is -0.646. The second-order valence-electron chi connectivity index (χ2n) is 3.96. The molecule has 0 atom stereocenters. The van der Waals surface area contributed by atoms with Crippen molar-refractivity contribution in [2.24, 2.45) is 11.1 Å². The molecule has 0 heterocycles. The Labute approximate surface area is 84.3 Å². The molecule has 80 valence electrons. The van der Waals surface area contributed by atoms with Gasteiger partial charge in [-0.15, -0.1) is 0 Å². The fraction of sp³-hybridized carbons (Fsp3) is 0.556. The van der Waals surface area contributed by atoms with E-state index in [2.05, 4.69) is 10.6 Å². The lowest BCUT2D eigenvalue weighted by Gasteiger charge is -2.18. The van der Waals surface area contributed by atoms with E-state index in [9.17, 15) is 4.79 Å². The minimum Gasteiger partial charge on any atom is -0.375 e. The molecule has 14 heavy (non-hydrogen) atoms. The van der Waals surface area contributed by atoms with Crippen LogP contribution in [0.25, 0.3) is 0 Å². The van der Waals surface area contributed by atoms with E-state index in [0.717, 1.165) is 0 Å². The molecule has 0 aromatic carbocycles. The fourth-order valence-corrected chi connectivity index (χ4v) is 0.664. The number of carbonyl (C=O) groups excluding carboxylic acids is 1. The summed E-state index contributed by atoms with van der Waals surface area (Å²) in [6.07, 6.45) is 1.55. The number of hydrogen-bond acceptors (Lipinski definition) is 3. The lowest BCUT2D eigenvalue weighted by Crippen LogP contribution is -2.35. The molecule has 0 aliphatic carbocycles. The molecular formula is C9H18N4O. The van der Waals surface area contributed by atoms with Crippen molar-refractivity contribution in [1.82, 2.24) is 10.6 Å². The van der Waals surface area contributed by atoms with Crippen molar-refractivity contribution >= 4 is 11.7 Å². The van der Waals surface area contributed by atoms with Crippen LogP contribution >= 0.6 is 0 Å². The molecule has 0 fully saturated rings. The van der Waals surface area contributed by atoms with Gasteiger partial charge in [0, 0.05) is 18.2 Å². The molecule has 0 spiro atoms. The number of rotatable bonds is 3. The predicted molar refractivity (Wildman–Crippen MR) is 57.0 cm³/mol. The van der Waals surface area contributed by atoms with Crippen LogP contribution in [0, 0.1) is 10.8 Å². The largest absolute Gasteiger partial charge is 0.375 e. The Morgan fingerprint density at radius 1 is 1.43 bits per heavy atom. The number of carbonyl (C=O) groups is 1. The summed E-state index contributed by atoms with van der Waals surface area (Å²) in [5.41, 5.74) is 5.12. The summed E-state index contributed by atoms with van der Waals surface area (Å²) >= 11 is 0. The number of primary amides is 1. The highest BCUT2D eigenvalue weighted by molar-refractivity contribution is 5.97. The van der Waals surface area contributed by atoms with Crippen LogP contribution in [0.4, 0.5) is 4.79 Å². The van der Waals surface area contributed by atoms with Gasteiger partial charge in [-0.25, -0.2) is 4.79 Å². The first-order chi connectivity index (χ1) is 6.27. The molecule has 0 saturated carbocycles. The molecule has 0 aliphatic rings. The van der Waals surface area contributed by atoms with Crippen LogP contribution in [-0.4, -0.2) is 18.8 Å². The zero-order valence-electron chi connectivity index (χ0n) is 9.06. The van der Waals surface area contributed by atoms with Crippen LogP contribution < -0.4 is 16.4 Å². The highest BCUT2D eigenvalue weighted by Crippen LogP contribution is 2.15. The fourth-order valence-electron chi connectivity index (χ4n) is 0.664. The van der Waals surface area contributed by atoms with Gasteiger partial charge in [0.1, 0.15) is 5.82 Å². The Balaban J connectivity index is 4.60. The predicted octanol–water partition coefficient (Wildman–Crippen LogP) is 0.781. The van der Waals surface area contributed by atoms with Gasteiger partial charge >= 0.3 is 6.03 Å². The average molecular weight is 198 g/mol. The maximum Gasteiger partial charge on any atom is 0.317 e. The number of allylic oxidation sites excluding steroid dienone is 1. The van der Waals surface area contributed by atoms with Crippen molar-refractivity contribution in [2.75, 3.05) is 7.05 Å². The van der Waals surface area contributed by atoms with Gasteiger partial charge in [-0.3, -0.25) is 5.32 Å². The number of nitrogens with two attached hydrogens (primary N) is 1. The second kappa shape index (κ2) is 4.64. The molecule has 0 unspecified atom stereocenters. The summed E-state index contributed by atoms with van der Waals surface area (Å²) < 4.78 is 0. The number of nitrogens with one attached hydrogen (secondary N) is 3. The standard InChI is InChI=1S/C9H18N4O/c1-9(2,3)6(10)5-7(12-4)13-8(11)14/h5,10,12H,1-4H3,(H3,11,13,14)/b7-5+,10-6?. The number of amides is 2. The first-order valence-electron chi connectivity index (χ1n) is 4.32. The van der Waals surface area contributed by atoms with Gasteiger partial charge in [-0.2, -0.15) is 0 Å². The molecule has 0 bridgehead atoms. The van der Waals surface area contributed by atoms with Gasteiger partial charge in [0.2, 0.25) is 0 Å². The van der Waals surface area contributed by atoms with Crippen LogP contribution in [-0.2, 0) is 0 Å². The number of hydrogen-bond donors (Lipinski definition) is 4. The van der Waals surface area contributed by atoms with Gasteiger partial charge < -0.3 is 16.5 Å². The molecular weight excluding hydrogens is 180 g/mol. The third-order valence-electron chi connectivity index (χ3n) is 1.62. The molecule has 2 amide bonds. The van der Waals surface area contributed by atoms with E-state index in [1.54, 1.807) is 13.1 Å². The third kappa shape index (κ3) is 4.49. The Kier molecular flexibility index (Phi) is 4.14. The van der Waals surface area contributed by atoms with Gasteiger partial charge in [0.15, 0.2) is 0 Å². The summed E-state index contributed by atoms with van der Waals surface area (Å²) in [6.45, 7) is 5.76. The van der Waals surface area contributed by atoms with Crippen LogP contribution in [0.15, 0.2) is 11.9 Å². The van der Waals surface area contributed by atoms with E-state index < -0.39 is 6.03 Å².